The molecule has 88 valence electrons. The summed E-state index contributed by atoms with van der Waals surface area (Å²) < 4.78 is 22.4. The molecule has 1 atom stereocenters. The number of nitrogens with one attached hydrogen (secondary N) is 1. The number of rotatable bonds is 2. The van der Waals surface area contributed by atoms with Crippen molar-refractivity contribution in [2.45, 2.75) is 12.5 Å². The molecule has 1 N–H and O–H groups in total. The lowest BCUT2D eigenvalue weighted by Crippen LogP contribution is -2.35. The van der Waals surface area contributed by atoms with E-state index < -0.39 is 9.84 Å². The van der Waals surface area contributed by atoms with Crippen LogP contribution in [0.2, 0.25) is 0 Å². The van der Waals surface area contributed by atoms with Gasteiger partial charge in [-0.2, -0.15) is 0 Å². The van der Waals surface area contributed by atoms with Gasteiger partial charge < -0.3 is 5.32 Å². The minimum absolute atomic E-state index is 0. The Morgan fingerprint density at radius 2 is 2.00 bits per heavy atom. The van der Waals surface area contributed by atoms with Crippen molar-refractivity contribution in [2.75, 3.05) is 11.5 Å². The Bertz CT molecular complexity index is 487. The van der Waals surface area contributed by atoms with E-state index in [0.29, 0.717) is 12.0 Å². The van der Waals surface area contributed by atoms with Crippen LogP contribution in [0, 0.1) is 0 Å². The highest BCUT2D eigenvalue weighted by molar-refractivity contribution is 7.91. The van der Waals surface area contributed by atoms with Gasteiger partial charge in [0.1, 0.15) is 0 Å². The van der Waals surface area contributed by atoms with Gasteiger partial charge in [-0.15, -0.1) is 0 Å². The first-order valence-electron chi connectivity index (χ1n) is 5.13. The van der Waals surface area contributed by atoms with Crippen LogP contribution in [0.25, 0.3) is 0 Å². The van der Waals surface area contributed by atoms with E-state index in [1.54, 1.807) is 24.3 Å². The molecule has 0 aliphatic carbocycles. The van der Waals surface area contributed by atoms with E-state index in [4.69, 9.17) is 0 Å². The molecular formula is C11H15NO3S. The molecule has 1 amide bonds. The van der Waals surface area contributed by atoms with Crippen LogP contribution in [0.1, 0.15) is 18.2 Å². The van der Waals surface area contributed by atoms with E-state index in [1.807, 2.05) is 6.07 Å². The molecule has 0 spiro atoms. The van der Waals surface area contributed by atoms with Crippen molar-refractivity contribution in [3.8, 4) is 0 Å². The lowest BCUT2D eigenvalue weighted by atomic mass is 10.2. The maximum absolute atomic E-state index is 11.7. The Balaban J connectivity index is 0.00000144. The number of carbonyl (C=O) groups is 1. The third-order valence-electron chi connectivity index (χ3n) is 2.60. The van der Waals surface area contributed by atoms with E-state index in [-0.39, 0.29) is 24.9 Å². The lowest BCUT2D eigenvalue weighted by Gasteiger charge is -2.10. The van der Waals surface area contributed by atoms with Crippen LogP contribution < -0.4 is 5.32 Å². The second-order valence-electron chi connectivity index (χ2n) is 3.94. The fraction of sp³-hybridized carbons (Fsp3) is 0.364. The molecular weight excluding hydrogens is 226 g/mol. The molecule has 1 heterocycles. The smallest absolute Gasteiger partial charge is 0.251 e. The van der Waals surface area contributed by atoms with Gasteiger partial charge in [-0.05, 0) is 18.6 Å². The van der Waals surface area contributed by atoms with Gasteiger partial charge in [0.25, 0.3) is 5.91 Å². The summed E-state index contributed by atoms with van der Waals surface area (Å²) in [6.07, 6.45) is 0.515. The van der Waals surface area contributed by atoms with Crippen LogP contribution in [0.15, 0.2) is 30.3 Å². The highest BCUT2D eigenvalue weighted by Gasteiger charge is 2.28. The highest BCUT2D eigenvalue weighted by atomic mass is 32.2. The second kappa shape index (κ2) is 4.25. The molecule has 1 saturated heterocycles. The molecule has 5 heteroatoms. The Hall–Kier alpha value is -1.36. The summed E-state index contributed by atoms with van der Waals surface area (Å²) in [6, 6.07) is 8.56. The third kappa shape index (κ3) is 2.61. The SMILES string of the molecule is O=C(N[C@H]1CCS(=O)(=O)C1)c1ccccc1.[HH]. The van der Waals surface area contributed by atoms with E-state index in [2.05, 4.69) is 5.32 Å². The van der Waals surface area contributed by atoms with Gasteiger partial charge in [0.2, 0.25) is 0 Å². The van der Waals surface area contributed by atoms with Crippen LogP contribution in [-0.4, -0.2) is 31.9 Å². The van der Waals surface area contributed by atoms with Gasteiger partial charge in [-0.25, -0.2) is 8.42 Å². The molecule has 1 aliphatic rings. The summed E-state index contributed by atoms with van der Waals surface area (Å²) in [5, 5.41) is 2.73. The molecule has 0 aromatic heterocycles. The lowest BCUT2D eigenvalue weighted by molar-refractivity contribution is 0.0941. The van der Waals surface area contributed by atoms with E-state index in [9.17, 15) is 13.2 Å². The summed E-state index contributed by atoms with van der Waals surface area (Å²) in [4.78, 5) is 11.7. The molecule has 4 nitrogen and oxygen atoms in total. The predicted molar refractivity (Wildman–Crippen MR) is 63.1 cm³/mol. The Morgan fingerprint density at radius 3 is 2.56 bits per heavy atom. The largest absolute Gasteiger partial charge is 0.348 e. The van der Waals surface area contributed by atoms with Gasteiger partial charge in [0.05, 0.1) is 11.5 Å². The topological polar surface area (TPSA) is 63.2 Å². The van der Waals surface area contributed by atoms with Crippen molar-refractivity contribution in [1.82, 2.24) is 5.32 Å². The number of hydrogen-bond donors (Lipinski definition) is 1. The molecule has 1 aromatic rings. The molecule has 0 unspecified atom stereocenters. The average Bonchev–Trinajstić information content (AvgIpc) is 2.59. The fourth-order valence-corrected chi connectivity index (χ4v) is 3.44. The summed E-state index contributed by atoms with van der Waals surface area (Å²) in [7, 11) is -2.94. The summed E-state index contributed by atoms with van der Waals surface area (Å²) in [5.74, 6) is 0.0286. The molecule has 2 rings (SSSR count). The quantitative estimate of drug-likeness (QED) is 0.835. The average molecular weight is 241 g/mol. The van der Waals surface area contributed by atoms with Crippen molar-refractivity contribution < 1.29 is 14.6 Å². The maximum Gasteiger partial charge on any atom is 0.251 e. The van der Waals surface area contributed by atoms with Gasteiger partial charge in [0.15, 0.2) is 9.84 Å². The van der Waals surface area contributed by atoms with Gasteiger partial charge in [-0.1, -0.05) is 18.2 Å². The maximum atomic E-state index is 11.7. The standard InChI is InChI=1S/C11H13NO3S.H2/c13-11(9-4-2-1-3-5-9)12-10-6-7-16(14,15)8-10;/h1-5,10H,6-8H2,(H,12,13);1H/t10-;/m0./s1. The first-order chi connectivity index (χ1) is 7.57. The van der Waals surface area contributed by atoms with E-state index in [1.165, 1.54) is 0 Å². The van der Waals surface area contributed by atoms with Crippen LogP contribution in [0.4, 0.5) is 0 Å². The number of sulfone groups is 1. The minimum atomic E-state index is -2.94. The highest BCUT2D eigenvalue weighted by Crippen LogP contribution is 2.12. The monoisotopic (exact) mass is 241 g/mol. The van der Waals surface area contributed by atoms with Gasteiger partial charge in [0, 0.05) is 13.0 Å². The molecule has 16 heavy (non-hydrogen) atoms. The van der Waals surface area contributed by atoms with Crippen LogP contribution in [0.3, 0.4) is 0 Å². The zero-order chi connectivity index (χ0) is 11.6. The van der Waals surface area contributed by atoms with Crippen molar-refractivity contribution in [3.63, 3.8) is 0 Å². The van der Waals surface area contributed by atoms with Crippen LogP contribution in [-0.2, 0) is 9.84 Å². The molecule has 0 radical (unpaired) electrons. The summed E-state index contributed by atoms with van der Waals surface area (Å²) in [5.41, 5.74) is 0.562. The molecule has 0 saturated carbocycles. The molecule has 1 aromatic carbocycles. The van der Waals surface area contributed by atoms with E-state index >= 15 is 0 Å². The van der Waals surface area contributed by atoms with Crippen LogP contribution in [0.5, 0.6) is 0 Å². The van der Waals surface area contributed by atoms with Crippen molar-refractivity contribution in [3.05, 3.63) is 35.9 Å². The first kappa shape index (κ1) is 11.1. The van der Waals surface area contributed by atoms with Crippen molar-refractivity contribution in [2.24, 2.45) is 0 Å². The fourth-order valence-electron chi connectivity index (χ4n) is 1.77. The number of hydrogen-bond acceptors (Lipinski definition) is 3. The molecule has 0 bridgehead atoms. The van der Waals surface area contributed by atoms with Crippen molar-refractivity contribution >= 4 is 15.7 Å². The normalized spacial score (nSPS) is 22.9. The zero-order valence-corrected chi connectivity index (χ0v) is 9.53. The second-order valence-corrected chi connectivity index (χ2v) is 6.17. The Morgan fingerprint density at radius 1 is 1.31 bits per heavy atom. The summed E-state index contributed by atoms with van der Waals surface area (Å²) >= 11 is 0. The van der Waals surface area contributed by atoms with Gasteiger partial charge in [-0.3, -0.25) is 4.79 Å². The predicted octanol–water partition coefficient (Wildman–Crippen LogP) is 0.849. The number of amides is 1. The third-order valence-corrected chi connectivity index (χ3v) is 4.37. The first-order valence-corrected chi connectivity index (χ1v) is 6.95. The number of carbonyl (C=O) groups excluding carboxylic acids is 1. The number of benzene rings is 1. The Kier molecular flexibility index (Phi) is 2.96. The minimum Gasteiger partial charge on any atom is -0.348 e. The Labute approximate surface area is 96.1 Å². The summed E-state index contributed by atoms with van der Waals surface area (Å²) in [6.45, 7) is 0. The van der Waals surface area contributed by atoms with Crippen molar-refractivity contribution in [1.29, 1.82) is 0 Å². The van der Waals surface area contributed by atoms with Crippen LogP contribution >= 0.6 is 0 Å². The molecule has 1 fully saturated rings. The zero-order valence-electron chi connectivity index (χ0n) is 8.72. The van der Waals surface area contributed by atoms with E-state index in [0.717, 1.165) is 0 Å². The molecule has 1 aliphatic heterocycles. The van der Waals surface area contributed by atoms with Gasteiger partial charge >= 0.3 is 0 Å².